The van der Waals surface area contributed by atoms with Crippen LogP contribution in [0, 0.1) is 0 Å². The molecule has 0 spiro atoms. The molecule has 6 heteroatoms. The zero-order chi connectivity index (χ0) is 17.9. The monoisotopic (exact) mass is 342 g/mol. The number of ether oxygens (including phenoxy) is 1. The van der Waals surface area contributed by atoms with Gasteiger partial charge in [-0.25, -0.2) is 10.4 Å². The predicted molar refractivity (Wildman–Crippen MR) is 99.6 cm³/mol. The summed E-state index contributed by atoms with van der Waals surface area (Å²) < 4.78 is 5.27. The van der Waals surface area contributed by atoms with Gasteiger partial charge < -0.3 is 10.5 Å². The summed E-state index contributed by atoms with van der Waals surface area (Å²) >= 11 is 0. The molecule has 6 nitrogen and oxygen atoms in total. The molecule has 1 heterocycles. The first-order chi connectivity index (χ1) is 12.3. The van der Waals surface area contributed by atoms with E-state index in [1.165, 1.54) is 0 Å². The van der Waals surface area contributed by atoms with Crippen molar-refractivity contribution in [3.63, 3.8) is 0 Å². The maximum absolute atomic E-state index is 12.9. The molecule has 25 heavy (non-hydrogen) atoms. The van der Waals surface area contributed by atoms with E-state index in [-0.39, 0.29) is 5.91 Å². The minimum Gasteiger partial charge on any atom is -0.497 e. The van der Waals surface area contributed by atoms with Crippen LogP contribution in [0.2, 0.25) is 0 Å². The van der Waals surface area contributed by atoms with Crippen LogP contribution >= 0.6 is 0 Å². The standard InChI is InChI=1S/C19H26N4O2/c1-25-18-10-6-9-17(14-18)23(22-13-5-3-2-4-11-20)19(24)16-8-7-12-21-15-16/h6-10,12,14-15,22H,2-5,11,13,20H2,1H3. The Morgan fingerprint density at radius 3 is 2.76 bits per heavy atom. The Balaban J connectivity index is 2.09. The lowest BCUT2D eigenvalue weighted by Gasteiger charge is -2.24. The van der Waals surface area contributed by atoms with Crippen LogP contribution < -0.4 is 20.9 Å². The zero-order valence-electron chi connectivity index (χ0n) is 14.6. The first-order valence-electron chi connectivity index (χ1n) is 8.58. The van der Waals surface area contributed by atoms with Gasteiger partial charge in [0, 0.05) is 25.0 Å². The summed E-state index contributed by atoms with van der Waals surface area (Å²) in [4.78, 5) is 16.9. The van der Waals surface area contributed by atoms with Crippen molar-refractivity contribution in [1.82, 2.24) is 10.4 Å². The molecule has 0 bridgehead atoms. The van der Waals surface area contributed by atoms with Gasteiger partial charge in [0.25, 0.3) is 5.91 Å². The highest BCUT2D eigenvalue weighted by Crippen LogP contribution is 2.21. The van der Waals surface area contributed by atoms with E-state index >= 15 is 0 Å². The van der Waals surface area contributed by atoms with E-state index in [0.717, 1.165) is 37.9 Å². The summed E-state index contributed by atoms with van der Waals surface area (Å²) in [5.74, 6) is 0.551. The molecule has 0 aliphatic rings. The molecule has 0 radical (unpaired) electrons. The maximum Gasteiger partial charge on any atom is 0.274 e. The maximum atomic E-state index is 12.9. The number of hydrazine groups is 1. The number of amides is 1. The van der Waals surface area contributed by atoms with Crippen LogP contribution in [-0.2, 0) is 0 Å². The van der Waals surface area contributed by atoms with Crippen molar-refractivity contribution >= 4 is 11.6 Å². The number of nitrogens with zero attached hydrogens (tertiary/aromatic N) is 2. The average Bonchev–Trinajstić information content (AvgIpc) is 2.67. The molecule has 0 aliphatic heterocycles. The molecule has 0 unspecified atom stereocenters. The third kappa shape index (κ3) is 5.85. The number of rotatable bonds is 10. The summed E-state index contributed by atoms with van der Waals surface area (Å²) in [6.45, 7) is 1.43. The number of anilines is 1. The molecule has 1 aromatic heterocycles. The van der Waals surface area contributed by atoms with Crippen LogP contribution in [0.4, 0.5) is 5.69 Å². The second-order valence-electron chi connectivity index (χ2n) is 5.69. The molecule has 134 valence electrons. The highest BCUT2D eigenvalue weighted by Gasteiger charge is 2.18. The quantitative estimate of drug-likeness (QED) is 0.513. The van der Waals surface area contributed by atoms with Crippen LogP contribution in [0.1, 0.15) is 36.0 Å². The number of nitrogens with one attached hydrogen (secondary N) is 1. The number of carbonyl (C=O) groups is 1. The molecule has 0 saturated carbocycles. The molecular formula is C19H26N4O2. The highest BCUT2D eigenvalue weighted by molar-refractivity contribution is 6.05. The second-order valence-corrected chi connectivity index (χ2v) is 5.69. The summed E-state index contributed by atoms with van der Waals surface area (Å²) in [5.41, 5.74) is 10.0. The lowest BCUT2D eigenvalue weighted by molar-refractivity contribution is 0.0973. The summed E-state index contributed by atoms with van der Waals surface area (Å²) in [7, 11) is 1.61. The van der Waals surface area contributed by atoms with E-state index in [1.807, 2.05) is 24.3 Å². The van der Waals surface area contributed by atoms with Crippen molar-refractivity contribution < 1.29 is 9.53 Å². The lowest BCUT2D eigenvalue weighted by Crippen LogP contribution is -2.43. The number of nitrogens with two attached hydrogens (primary N) is 1. The smallest absolute Gasteiger partial charge is 0.274 e. The Labute approximate surface area is 149 Å². The zero-order valence-corrected chi connectivity index (χ0v) is 14.6. The molecule has 3 N–H and O–H groups in total. The van der Waals surface area contributed by atoms with Crippen molar-refractivity contribution in [2.45, 2.75) is 25.7 Å². The van der Waals surface area contributed by atoms with Crippen LogP contribution in [0.5, 0.6) is 5.75 Å². The van der Waals surface area contributed by atoms with Gasteiger partial charge in [-0.3, -0.25) is 9.78 Å². The fraction of sp³-hybridized carbons (Fsp3) is 0.368. The Hall–Kier alpha value is -2.44. The number of methoxy groups -OCH3 is 1. The summed E-state index contributed by atoms with van der Waals surface area (Å²) in [6.07, 6.45) is 7.41. The topological polar surface area (TPSA) is 80.5 Å². The predicted octanol–water partition coefficient (Wildman–Crippen LogP) is 2.76. The van der Waals surface area contributed by atoms with Crippen LogP contribution in [0.15, 0.2) is 48.8 Å². The van der Waals surface area contributed by atoms with Gasteiger partial charge in [0.2, 0.25) is 0 Å². The molecule has 1 aromatic carbocycles. The second kappa shape index (κ2) is 10.4. The largest absolute Gasteiger partial charge is 0.497 e. The third-order valence-corrected chi connectivity index (χ3v) is 3.82. The third-order valence-electron chi connectivity index (χ3n) is 3.82. The van der Waals surface area contributed by atoms with Gasteiger partial charge in [-0.1, -0.05) is 18.9 Å². The number of benzene rings is 1. The Kier molecular flexibility index (Phi) is 7.88. The Morgan fingerprint density at radius 2 is 2.04 bits per heavy atom. The number of hydrogen-bond donors (Lipinski definition) is 2. The number of unbranched alkanes of at least 4 members (excludes halogenated alkanes) is 3. The minimum absolute atomic E-state index is 0.150. The summed E-state index contributed by atoms with van der Waals surface area (Å²) in [6, 6.07) is 10.9. The first-order valence-corrected chi connectivity index (χ1v) is 8.58. The van der Waals surface area contributed by atoms with E-state index in [9.17, 15) is 4.79 Å². The number of aromatic nitrogens is 1. The molecule has 2 rings (SSSR count). The van der Waals surface area contributed by atoms with E-state index < -0.39 is 0 Å². The number of pyridine rings is 1. The van der Waals surface area contributed by atoms with Gasteiger partial charge in [0.05, 0.1) is 18.4 Å². The van der Waals surface area contributed by atoms with Crippen molar-refractivity contribution in [1.29, 1.82) is 0 Å². The molecule has 0 fully saturated rings. The van der Waals surface area contributed by atoms with Gasteiger partial charge in [-0.2, -0.15) is 0 Å². The Morgan fingerprint density at radius 1 is 1.20 bits per heavy atom. The van der Waals surface area contributed by atoms with E-state index in [1.54, 1.807) is 36.6 Å². The van der Waals surface area contributed by atoms with Crippen molar-refractivity contribution in [2.75, 3.05) is 25.2 Å². The molecular weight excluding hydrogens is 316 g/mol. The average molecular weight is 342 g/mol. The van der Waals surface area contributed by atoms with Crippen LogP contribution in [0.25, 0.3) is 0 Å². The fourth-order valence-corrected chi connectivity index (χ4v) is 2.46. The number of hydrogen-bond acceptors (Lipinski definition) is 5. The molecule has 0 aliphatic carbocycles. The normalized spacial score (nSPS) is 10.5. The molecule has 2 aromatic rings. The van der Waals surface area contributed by atoms with E-state index in [4.69, 9.17) is 10.5 Å². The molecule has 1 amide bonds. The summed E-state index contributed by atoms with van der Waals surface area (Å²) in [5, 5.41) is 1.56. The SMILES string of the molecule is COc1cccc(N(NCCCCCCN)C(=O)c2cccnc2)c1. The highest BCUT2D eigenvalue weighted by atomic mass is 16.5. The number of carbonyl (C=O) groups excluding carboxylic acids is 1. The van der Waals surface area contributed by atoms with Gasteiger partial charge >= 0.3 is 0 Å². The van der Waals surface area contributed by atoms with Crippen molar-refractivity contribution in [3.8, 4) is 5.75 Å². The van der Waals surface area contributed by atoms with Gasteiger partial charge in [-0.05, 0) is 43.7 Å². The first kappa shape index (κ1) is 18.9. The van der Waals surface area contributed by atoms with Crippen LogP contribution in [-0.4, -0.2) is 31.1 Å². The van der Waals surface area contributed by atoms with Crippen LogP contribution in [0.3, 0.4) is 0 Å². The van der Waals surface area contributed by atoms with E-state index in [0.29, 0.717) is 17.9 Å². The molecule has 0 atom stereocenters. The van der Waals surface area contributed by atoms with Gasteiger partial charge in [-0.15, -0.1) is 0 Å². The minimum atomic E-state index is -0.150. The lowest BCUT2D eigenvalue weighted by atomic mass is 10.2. The Bertz CT molecular complexity index is 649. The molecule has 0 saturated heterocycles. The van der Waals surface area contributed by atoms with Gasteiger partial charge in [0.15, 0.2) is 0 Å². The fourth-order valence-electron chi connectivity index (χ4n) is 2.46. The van der Waals surface area contributed by atoms with E-state index in [2.05, 4.69) is 10.4 Å². The van der Waals surface area contributed by atoms with Gasteiger partial charge in [0.1, 0.15) is 5.75 Å². The van der Waals surface area contributed by atoms with Crippen molar-refractivity contribution in [3.05, 3.63) is 54.4 Å². The van der Waals surface area contributed by atoms with Crippen molar-refractivity contribution in [2.24, 2.45) is 5.73 Å².